The normalized spacial score (nSPS) is 13.7. The third-order valence-corrected chi connectivity index (χ3v) is 7.03. The average Bonchev–Trinajstić information content (AvgIpc) is 3.29. The van der Waals surface area contributed by atoms with E-state index in [1.165, 1.54) is 11.6 Å². The molecular weight excluding hydrogens is 476 g/mol. The Hall–Kier alpha value is -2.80. The van der Waals surface area contributed by atoms with Crippen LogP contribution in [0.3, 0.4) is 0 Å². The second-order valence-electron chi connectivity index (χ2n) is 9.15. The summed E-state index contributed by atoms with van der Waals surface area (Å²) in [5.74, 6) is -0.249. The fourth-order valence-corrected chi connectivity index (χ4v) is 5.09. The van der Waals surface area contributed by atoms with E-state index in [-0.39, 0.29) is 11.9 Å². The van der Waals surface area contributed by atoms with Crippen LogP contribution in [-0.2, 0) is 24.4 Å². The summed E-state index contributed by atoms with van der Waals surface area (Å²) in [4.78, 5) is 1.15. The number of thiophene rings is 1. The maximum atomic E-state index is 14.7. The van der Waals surface area contributed by atoms with Crippen LogP contribution in [0.5, 0.6) is 0 Å². The van der Waals surface area contributed by atoms with E-state index in [4.69, 9.17) is 4.74 Å². The second kappa shape index (κ2) is 12.9. The molecule has 0 saturated carbocycles. The van der Waals surface area contributed by atoms with Gasteiger partial charge in [-0.3, -0.25) is 0 Å². The molecule has 0 saturated heterocycles. The first kappa shape index (κ1) is 27.8. The van der Waals surface area contributed by atoms with E-state index in [1.807, 2.05) is 13.8 Å². The maximum Gasteiger partial charge on any atom is 0.128 e. The SMILES string of the molecule is C=CC(NCc1cc(CC(OC(C)C)C(O)=CC)ccc1-c1cc(C)cs1)c1ccc(CF)cc1F. The van der Waals surface area contributed by atoms with Crippen molar-refractivity contribution in [2.75, 3.05) is 0 Å². The highest BCUT2D eigenvalue weighted by Gasteiger charge is 2.19. The molecule has 3 aromatic rings. The van der Waals surface area contributed by atoms with Gasteiger partial charge in [-0.25, -0.2) is 8.78 Å². The van der Waals surface area contributed by atoms with Crippen molar-refractivity contribution in [2.45, 2.75) is 65.6 Å². The van der Waals surface area contributed by atoms with E-state index >= 15 is 0 Å². The van der Waals surface area contributed by atoms with Crippen LogP contribution in [0.4, 0.5) is 8.78 Å². The molecule has 2 N–H and O–H groups in total. The van der Waals surface area contributed by atoms with Gasteiger partial charge >= 0.3 is 0 Å². The van der Waals surface area contributed by atoms with E-state index in [0.717, 1.165) is 21.6 Å². The van der Waals surface area contributed by atoms with E-state index in [0.29, 0.717) is 24.1 Å². The Kier molecular flexibility index (Phi) is 9.99. The number of hydrogen-bond acceptors (Lipinski definition) is 4. The van der Waals surface area contributed by atoms with Gasteiger partial charge < -0.3 is 15.2 Å². The number of aliphatic hydroxyl groups is 1. The number of aryl methyl sites for hydroxylation is 1. The van der Waals surface area contributed by atoms with Gasteiger partial charge in [-0.1, -0.05) is 36.4 Å². The molecule has 36 heavy (non-hydrogen) atoms. The summed E-state index contributed by atoms with van der Waals surface area (Å²) in [6, 6.07) is 12.4. The molecule has 192 valence electrons. The van der Waals surface area contributed by atoms with Crippen LogP contribution >= 0.6 is 11.3 Å². The Morgan fingerprint density at radius 2 is 1.92 bits per heavy atom. The zero-order chi connectivity index (χ0) is 26.2. The maximum absolute atomic E-state index is 14.7. The lowest BCUT2D eigenvalue weighted by atomic mass is 9.97. The number of rotatable bonds is 12. The van der Waals surface area contributed by atoms with Crippen molar-refractivity contribution in [1.29, 1.82) is 0 Å². The molecule has 0 aliphatic rings. The van der Waals surface area contributed by atoms with Crippen molar-refractivity contribution in [3.05, 3.63) is 106 Å². The number of nitrogens with one attached hydrogen (secondary N) is 1. The summed E-state index contributed by atoms with van der Waals surface area (Å²) in [7, 11) is 0. The molecule has 3 nitrogen and oxygen atoms in total. The van der Waals surface area contributed by atoms with Gasteiger partial charge in [0.25, 0.3) is 0 Å². The molecule has 2 aromatic carbocycles. The van der Waals surface area contributed by atoms with Crippen molar-refractivity contribution < 1.29 is 18.6 Å². The predicted molar refractivity (Wildman–Crippen MR) is 146 cm³/mol. The van der Waals surface area contributed by atoms with E-state index in [1.54, 1.807) is 42.5 Å². The topological polar surface area (TPSA) is 41.5 Å². The molecule has 1 heterocycles. The highest BCUT2D eigenvalue weighted by Crippen LogP contribution is 2.32. The van der Waals surface area contributed by atoms with Crippen LogP contribution in [-0.4, -0.2) is 17.3 Å². The van der Waals surface area contributed by atoms with E-state index < -0.39 is 24.6 Å². The van der Waals surface area contributed by atoms with Gasteiger partial charge in [0.15, 0.2) is 0 Å². The fourth-order valence-electron chi connectivity index (χ4n) is 4.13. The lowest BCUT2D eigenvalue weighted by Gasteiger charge is -2.22. The quantitative estimate of drug-likeness (QED) is 0.190. The molecule has 2 atom stereocenters. The van der Waals surface area contributed by atoms with Crippen molar-refractivity contribution in [1.82, 2.24) is 5.32 Å². The molecule has 0 spiro atoms. The minimum Gasteiger partial charge on any atom is -0.510 e. The molecule has 6 heteroatoms. The van der Waals surface area contributed by atoms with Gasteiger partial charge in [0.2, 0.25) is 0 Å². The molecular formula is C30H35F2NO2S. The summed E-state index contributed by atoms with van der Waals surface area (Å²) in [6.45, 7) is 11.4. The average molecular weight is 512 g/mol. The summed E-state index contributed by atoms with van der Waals surface area (Å²) in [6.07, 6.45) is 3.38. The van der Waals surface area contributed by atoms with Crippen LogP contribution in [0, 0.1) is 12.7 Å². The van der Waals surface area contributed by atoms with Crippen LogP contribution < -0.4 is 5.32 Å². The van der Waals surface area contributed by atoms with Crippen LogP contribution in [0.2, 0.25) is 0 Å². The monoisotopic (exact) mass is 511 g/mol. The number of hydrogen-bond donors (Lipinski definition) is 2. The smallest absolute Gasteiger partial charge is 0.128 e. The largest absolute Gasteiger partial charge is 0.510 e. The molecule has 1 aromatic heterocycles. The Labute approximate surface area is 217 Å². The Morgan fingerprint density at radius 1 is 1.17 bits per heavy atom. The number of halogens is 2. The summed E-state index contributed by atoms with van der Waals surface area (Å²) < 4.78 is 33.6. The van der Waals surface area contributed by atoms with E-state index in [9.17, 15) is 13.9 Å². The van der Waals surface area contributed by atoms with Crippen molar-refractivity contribution in [2.24, 2.45) is 0 Å². The van der Waals surface area contributed by atoms with E-state index in [2.05, 4.69) is 48.5 Å². The van der Waals surface area contributed by atoms with Crippen LogP contribution in [0.25, 0.3) is 10.4 Å². The standard InChI is InChI=1S/C30H35F2NO2S/c1-6-27(25-11-9-22(16-31)14-26(25)32)33-17-23-13-21(15-29(28(34)7-2)35-19(3)4)8-10-24(23)30-12-20(5)18-36-30/h6-14,18-19,27,29,33-34H,1,15-17H2,2-5H3. The summed E-state index contributed by atoms with van der Waals surface area (Å²) in [5.41, 5.74) is 5.10. The minimum atomic E-state index is -0.704. The molecule has 0 aliphatic carbocycles. The molecule has 3 rings (SSSR count). The first-order chi connectivity index (χ1) is 17.2. The van der Waals surface area contributed by atoms with Crippen molar-refractivity contribution in [3.8, 4) is 10.4 Å². The number of aliphatic hydroxyl groups excluding tert-OH is 1. The Balaban J connectivity index is 1.92. The van der Waals surface area contributed by atoms with Crippen LogP contribution in [0.15, 0.2) is 72.3 Å². The number of benzene rings is 2. The molecule has 0 amide bonds. The van der Waals surface area contributed by atoms with Gasteiger partial charge in [0, 0.05) is 23.4 Å². The Bertz CT molecular complexity index is 1200. The zero-order valence-corrected chi connectivity index (χ0v) is 22.2. The molecule has 0 fully saturated rings. The van der Waals surface area contributed by atoms with Crippen molar-refractivity contribution in [3.63, 3.8) is 0 Å². The lowest BCUT2D eigenvalue weighted by Crippen LogP contribution is -2.23. The third kappa shape index (κ3) is 7.12. The molecule has 2 unspecified atom stereocenters. The number of alkyl halides is 1. The zero-order valence-electron chi connectivity index (χ0n) is 21.4. The lowest BCUT2D eigenvalue weighted by molar-refractivity contribution is 0.00726. The number of ether oxygens (including phenoxy) is 1. The fraction of sp³-hybridized carbons (Fsp3) is 0.333. The van der Waals surface area contributed by atoms with Gasteiger partial charge in [-0.15, -0.1) is 17.9 Å². The number of allylic oxidation sites excluding steroid dienone is 1. The summed E-state index contributed by atoms with van der Waals surface area (Å²) in [5, 5.41) is 15.9. The minimum absolute atomic E-state index is 0.0290. The first-order valence-electron chi connectivity index (χ1n) is 12.1. The highest BCUT2D eigenvalue weighted by atomic mass is 32.1. The molecule has 0 bridgehead atoms. The highest BCUT2D eigenvalue weighted by molar-refractivity contribution is 7.13. The predicted octanol–water partition coefficient (Wildman–Crippen LogP) is 8.15. The Morgan fingerprint density at radius 3 is 2.50 bits per heavy atom. The summed E-state index contributed by atoms with van der Waals surface area (Å²) >= 11 is 1.68. The third-order valence-electron chi connectivity index (χ3n) is 5.95. The van der Waals surface area contributed by atoms with Gasteiger partial charge in [0.1, 0.15) is 24.4 Å². The second-order valence-corrected chi connectivity index (χ2v) is 10.1. The first-order valence-corrected chi connectivity index (χ1v) is 13.0. The molecule has 0 aliphatic heterocycles. The van der Waals surface area contributed by atoms with Crippen LogP contribution in [0.1, 0.15) is 54.6 Å². The van der Waals surface area contributed by atoms with Gasteiger partial charge in [-0.2, -0.15) is 0 Å². The molecule has 0 radical (unpaired) electrons. The van der Waals surface area contributed by atoms with Gasteiger partial charge in [0.05, 0.1) is 12.1 Å². The van der Waals surface area contributed by atoms with Gasteiger partial charge in [-0.05, 0) is 79.1 Å². The van der Waals surface area contributed by atoms with Crippen molar-refractivity contribution >= 4 is 11.3 Å².